The Labute approximate surface area is 195 Å². The smallest absolute Gasteiger partial charge is 0.257 e. The van der Waals surface area contributed by atoms with Crippen LogP contribution in [0, 0.1) is 12.7 Å². The number of methoxy groups -OCH3 is 1. The number of ether oxygens (including phenoxy) is 1. The average Bonchev–Trinajstić information content (AvgIpc) is 3.18. The zero-order valence-electron chi connectivity index (χ0n) is 19.5. The first kappa shape index (κ1) is 22.0. The van der Waals surface area contributed by atoms with Crippen LogP contribution in [0.1, 0.15) is 29.9 Å². The summed E-state index contributed by atoms with van der Waals surface area (Å²) in [5.41, 5.74) is 2.96. The fourth-order valence-corrected chi connectivity index (χ4v) is 4.63. The molecular formula is C24H26FN7O2. The fourth-order valence-electron chi connectivity index (χ4n) is 4.63. The SMILES string of the molecule is COc1cc2c(N3CC(C)NC(C)C3)ccc(C(=O)Nc3cc(F)c4nc(C)cn4c3)c2nn1. The summed E-state index contributed by atoms with van der Waals surface area (Å²) in [7, 11) is 1.53. The second-order valence-corrected chi connectivity index (χ2v) is 8.80. The number of carbonyl (C=O) groups excluding carboxylic acids is 1. The van der Waals surface area contributed by atoms with Crippen LogP contribution < -0.4 is 20.3 Å². The molecular weight excluding hydrogens is 437 g/mol. The lowest BCUT2D eigenvalue weighted by molar-refractivity contribution is 0.102. The van der Waals surface area contributed by atoms with Gasteiger partial charge in [-0.15, -0.1) is 10.2 Å². The lowest BCUT2D eigenvalue weighted by Crippen LogP contribution is -2.54. The van der Waals surface area contributed by atoms with E-state index in [4.69, 9.17) is 4.74 Å². The summed E-state index contributed by atoms with van der Waals surface area (Å²) in [6.07, 6.45) is 3.33. The molecule has 0 aliphatic carbocycles. The molecule has 2 N–H and O–H groups in total. The second kappa shape index (κ2) is 8.53. The van der Waals surface area contributed by atoms with Crippen molar-refractivity contribution in [1.29, 1.82) is 0 Å². The standard InChI is InChI=1S/C24H26FN7O2/c1-13-9-31(10-14(2)26-13)20-6-5-17(22-18(20)8-21(34-4)29-30-22)24(33)28-16-7-19(25)23-27-15(3)11-32(23)12-16/h5-8,11-14,26H,9-10H2,1-4H3,(H,28,33). The molecule has 4 aromatic rings. The van der Waals surface area contributed by atoms with E-state index in [0.29, 0.717) is 40.4 Å². The van der Waals surface area contributed by atoms with Gasteiger partial charge in [0.25, 0.3) is 5.91 Å². The van der Waals surface area contributed by atoms with Gasteiger partial charge in [-0.1, -0.05) is 0 Å². The molecule has 0 radical (unpaired) electrons. The normalized spacial score (nSPS) is 18.4. The zero-order valence-corrected chi connectivity index (χ0v) is 19.5. The van der Waals surface area contributed by atoms with E-state index in [0.717, 1.165) is 24.2 Å². The average molecular weight is 464 g/mol. The molecule has 4 heterocycles. The summed E-state index contributed by atoms with van der Waals surface area (Å²) in [4.78, 5) is 19.7. The number of nitrogens with one attached hydrogen (secondary N) is 2. The fraction of sp³-hybridized carbons (Fsp3) is 0.333. The molecule has 0 bridgehead atoms. The molecule has 9 nitrogen and oxygen atoms in total. The maximum Gasteiger partial charge on any atom is 0.257 e. The number of amides is 1. The van der Waals surface area contributed by atoms with Crippen molar-refractivity contribution in [2.45, 2.75) is 32.9 Å². The quantitative estimate of drug-likeness (QED) is 0.480. The Bertz CT molecular complexity index is 1390. The number of carbonyl (C=O) groups is 1. The first-order chi connectivity index (χ1) is 16.3. The van der Waals surface area contributed by atoms with E-state index in [-0.39, 0.29) is 5.65 Å². The van der Waals surface area contributed by atoms with Crippen molar-refractivity contribution in [2.75, 3.05) is 30.4 Å². The van der Waals surface area contributed by atoms with E-state index in [2.05, 4.69) is 44.6 Å². The monoisotopic (exact) mass is 463 g/mol. The second-order valence-electron chi connectivity index (χ2n) is 8.80. The van der Waals surface area contributed by atoms with E-state index in [1.807, 2.05) is 6.07 Å². The van der Waals surface area contributed by atoms with Crippen LogP contribution in [-0.4, -0.2) is 57.8 Å². The minimum absolute atomic E-state index is 0.211. The number of imidazole rings is 1. The summed E-state index contributed by atoms with van der Waals surface area (Å²) in [6.45, 7) is 7.71. The highest BCUT2D eigenvalue weighted by Crippen LogP contribution is 2.32. The summed E-state index contributed by atoms with van der Waals surface area (Å²) in [6, 6.07) is 7.35. The van der Waals surface area contributed by atoms with Crippen LogP contribution in [0.4, 0.5) is 15.8 Å². The predicted molar refractivity (Wildman–Crippen MR) is 128 cm³/mol. The molecule has 10 heteroatoms. The van der Waals surface area contributed by atoms with Crippen LogP contribution in [0.2, 0.25) is 0 Å². The summed E-state index contributed by atoms with van der Waals surface area (Å²) in [5.74, 6) is -0.559. The first-order valence-corrected chi connectivity index (χ1v) is 11.1. The van der Waals surface area contributed by atoms with Gasteiger partial charge in [-0.25, -0.2) is 9.37 Å². The van der Waals surface area contributed by atoms with Crippen molar-refractivity contribution in [3.8, 4) is 5.88 Å². The number of piperazine rings is 1. The van der Waals surface area contributed by atoms with Gasteiger partial charge < -0.3 is 24.7 Å². The third kappa shape index (κ3) is 4.01. The maximum absolute atomic E-state index is 14.5. The van der Waals surface area contributed by atoms with Crippen LogP contribution in [0.3, 0.4) is 0 Å². The molecule has 1 fully saturated rings. The molecule has 0 saturated carbocycles. The molecule has 2 atom stereocenters. The Hall–Kier alpha value is -3.79. The van der Waals surface area contributed by atoms with Gasteiger partial charge in [0.15, 0.2) is 11.5 Å². The number of halogens is 1. The molecule has 34 heavy (non-hydrogen) atoms. The summed E-state index contributed by atoms with van der Waals surface area (Å²) >= 11 is 0. The number of aryl methyl sites for hydroxylation is 1. The van der Waals surface area contributed by atoms with Gasteiger partial charge in [-0.05, 0) is 32.9 Å². The molecule has 3 aromatic heterocycles. The topological polar surface area (TPSA) is 96.7 Å². The summed E-state index contributed by atoms with van der Waals surface area (Å²) < 4.78 is 21.3. The van der Waals surface area contributed by atoms with Gasteiger partial charge in [-0.2, -0.15) is 0 Å². The van der Waals surface area contributed by atoms with Crippen LogP contribution in [0.25, 0.3) is 16.6 Å². The van der Waals surface area contributed by atoms with E-state index in [1.165, 1.54) is 13.2 Å². The van der Waals surface area contributed by atoms with Gasteiger partial charge in [0.1, 0.15) is 5.52 Å². The van der Waals surface area contributed by atoms with E-state index < -0.39 is 11.7 Å². The van der Waals surface area contributed by atoms with Crippen LogP contribution in [-0.2, 0) is 0 Å². The highest BCUT2D eigenvalue weighted by atomic mass is 19.1. The molecule has 1 amide bonds. The van der Waals surface area contributed by atoms with Crippen LogP contribution in [0.5, 0.6) is 5.88 Å². The zero-order chi connectivity index (χ0) is 24.0. The minimum Gasteiger partial charge on any atom is -0.480 e. The number of hydrogen-bond acceptors (Lipinski definition) is 7. The molecule has 1 saturated heterocycles. The van der Waals surface area contributed by atoms with E-state index >= 15 is 0 Å². The third-order valence-corrected chi connectivity index (χ3v) is 5.95. The van der Waals surface area contributed by atoms with Gasteiger partial charge in [-0.3, -0.25) is 4.79 Å². The third-order valence-electron chi connectivity index (χ3n) is 5.95. The van der Waals surface area contributed by atoms with E-state index in [9.17, 15) is 9.18 Å². The first-order valence-electron chi connectivity index (χ1n) is 11.1. The number of nitrogens with zero attached hydrogens (tertiary/aromatic N) is 5. The van der Waals surface area contributed by atoms with Crippen LogP contribution >= 0.6 is 0 Å². The molecule has 176 valence electrons. The number of hydrogen-bond donors (Lipinski definition) is 2. The van der Waals surface area contributed by atoms with Crippen molar-refractivity contribution in [1.82, 2.24) is 24.9 Å². The lowest BCUT2D eigenvalue weighted by atomic mass is 10.0. The van der Waals surface area contributed by atoms with Crippen molar-refractivity contribution < 1.29 is 13.9 Å². The van der Waals surface area contributed by atoms with Crippen LogP contribution in [0.15, 0.2) is 36.7 Å². The Balaban J connectivity index is 1.54. The van der Waals surface area contributed by atoms with Crippen molar-refractivity contribution >= 4 is 33.8 Å². The van der Waals surface area contributed by atoms with Gasteiger partial charge in [0.2, 0.25) is 5.88 Å². The Kier molecular flexibility index (Phi) is 5.52. The minimum atomic E-state index is -0.516. The predicted octanol–water partition coefficient (Wildman–Crippen LogP) is 3.17. The Morgan fingerprint density at radius 1 is 1.18 bits per heavy atom. The number of anilines is 2. The molecule has 1 aliphatic heterocycles. The van der Waals surface area contributed by atoms with Gasteiger partial charge in [0.05, 0.1) is 24.1 Å². The van der Waals surface area contributed by atoms with E-state index in [1.54, 1.807) is 35.9 Å². The van der Waals surface area contributed by atoms with Crippen molar-refractivity contribution in [2.24, 2.45) is 0 Å². The van der Waals surface area contributed by atoms with Crippen molar-refractivity contribution in [3.63, 3.8) is 0 Å². The van der Waals surface area contributed by atoms with Gasteiger partial charge in [0, 0.05) is 60.8 Å². The molecule has 1 aromatic carbocycles. The Morgan fingerprint density at radius 2 is 1.94 bits per heavy atom. The lowest BCUT2D eigenvalue weighted by Gasteiger charge is -2.38. The number of rotatable bonds is 4. The molecule has 1 aliphatic rings. The maximum atomic E-state index is 14.5. The van der Waals surface area contributed by atoms with Gasteiger partial charge >= 0.3 is 0 Å². The van der Waals surface area contributed by atoms with Crippen molar-refractivity contribution in [3.05, 3.63) is 53.7 Å². The number of aromatic nitrogens is 4. The summed E-state index contributed by atoms with van der Waals surface area (Å²) in [5, 5.41) is 15.5. The number of fused-ring (bicyclic) bond motifs is 2. The molecule has 0 spiro atoms. The highest BCUT2D eigenvalue weighted by molar-refractivity contribution is 6.14. The number of benzene rings is 1. The number of pyridine rings is 1. The molecule has 5 rings (SSSR count). The molecule has 2 unspecified atom stereocenters. The Morgan fingerprint density at radius 3 is 2.68 bits per heavy atom. The largest absolute Gasteiger partial charge is 0.480 e. The highest BCUT2D eigenvalue weighted by Gasteiger charge is 2.25.